The summed E-state index contributed by atoms with van der Waals surface area (Å²) in [5, 5.41) is 10.5. The largest absolute Gasteiger partial charge is 0.392 e. The van der Waals surface area contributed by atoms with Crippen molar-refractivity contribution in [2.24, 2.45) is 11.8 Å². The molecule has 1 N–H and O–H groups in total. The molecule has 104 valence electrons. The molecule has 0 spiro atoms. The van der Waals surface area contributed by atoms with Crippen LogP contribution >= 0.6 is 11.8 Å². The van der Waals surface area contributed by atoms with Crippen molar-refractivity contribution in [2.75, 3.05) is 5.75 Å². The van der Waals surface area contributed by atoms with Crippen molar-refractivity contribution in [3.05, 3.63) is 43.0 Å². The molecule has 2 rings (SSSR count). The highest BCUT2D eigenvalue weighted by molar-refractivity contribution is 7.99. The van der Waals surface area contributed by atoms with Gasteiger partial charge in [0.15, 0.2) is 0 Å². The monoisotopic (exact) mass is 276 g/mol. The van der Waals surface area contributed by atoms with Gasteiger partial charge in [0.1, 0.15) is 0 Å². The van der Waals surface area contributed by atoms with Crippen LogP contribution in [0.25, 0.3) is 0 Å². The molecule has 0 radical (unpaired) electrons. The minimum Gasteiger partial charge on any atom is -0.392 e. The Bertz CT molecular complexity index is 370. The number of hydrogen-bond donors (Lipinski definition) is 1. The number of hydrogen-bond acceptors (Lipinski definition) is 2. The number of benzene rings is 1. The van der Waals surface area contributed by atoms with Gasteiger partial charge in [-0.3, -0.25) is 0 Å². The summed E-state index contributed by atoms with van der Waals surface area (Å²) in [6.45, 7) is 3.92. The Kier molecular flexibility index (Phi) is 5.99. The summed E-state index contributed by atoms with van der Waals surface area (Å²) in [5.74, 6) is 1.60. The van der Waals surface area contributed by atoms with E-state index < -0.39 is 0 Å². The third-order valence-corrected chi connectivity index (χ3v) is 5.22. The molecule has 1 aliphatic carbocycles. The summed E-state index contributed by atoms with van der Waals surface area (Å²) in [6, 6.07) is 10.4. The van der Waals surface area contributed by atoms with Crippen molar-refractivity contribution in [1.82, 2.24) is 0 Å². The Morgan fingerprint density at radius 3 is 2.53 bits per heavy atom. The lowest BCUT2D eigenvalue weighted by atomic mass is 9.81. The second kappa shape index (κ2) is 7.76. The van der Waals surface area contributed by atoms with Crippen LogP contribution in [0, 0.1) is 11.8 Å². The van der Waals surface area contributed by atoms with E-state index >= 15 is 0 Å². The van der Waals surface area contributed by atoms with Crippen LogP contribution < -0.4 is 0 Å². The maximum Gasteiger partial charge on any atom is 0.0638 e. The van der Waals surface area contributed by atoms with Crippen molar-refractivity contribution < 1.29 is 5.11 Å². The first-order valence-electron chi connectivity index (χ1n) is 7.29. The summed E-state index contributed by atoms with van der Waals surface area (Å²) in [7, 11) is 0. The average Bonchev–Trinajstić information content (AvgIpc) is 2.49. The molecule has 1 aromatic carbocycles. The van der Waals surface area contributed by atoms with Crippen molar-refractivity contribution in [3.8, 4) is 0 Å². The van der Waals surface area contributed by atoms with Crippen molar-refractivity contribution in [2.45, 2.75) is 43.1 Å². The summed E-state index contributed by atoms with van der Waals surface area (Å²) < 4.78 is 0. The van der Waals surface area contributed by atoms with E-state index in [1.165, 1.54) is 37.0 Å². The third-order valence-electron chi connectivity index (χ3n) is 4.06. The lowest BCUT2D eigenvalue weighted by molar-refractivity contribution is 0.0572. The lowest BCUT2D eigenvalue weighted by Crippen LogP contribution is -2.31. The molecule has 0 heterocycles. The molecule has 0 amide bonds. The van der Waals surface area contributed by atoms with E-state index in [4.69, 9.17) is 0 Å². The van der Waals surface area contributed by atoms with Crippen LogP contribution in [0.5, 0.6) is 0 Å². The number of rotatable bonds is 6. The van der Waals surface area contributed by atoms with Gasteiger partial charge in [-0.05, 0) is 30.9 Å². The molecule has 19 heavy (non-hydrogen) atoms. The standard InChI is InChI=1S/C17H24OS/c1-2-14(13-19-16-11-7-4-8-12-16)17(18)15-9-5-3-6-10-15/h2,4,7-8,11-12,14-15,17-18H,1,3,5-6,9-10,13H2/t14-,17+/m0/s1. The fourth-order valence-electron chi connectivity index (χ4n) is 2.84. The van der Waals surface area contributed by atoms with Crippen LogP contribution in [0.3, 0.4) is 0 Å². The zero-order valence-corrected chi connectivity index (χ0v) is 12.3. The molecular formula is C17H24OS. The molecule has 1 saturated carbocycles. The molecule has 1 nitrogen and oxygen atoms in total. The van der Waals surface area contributed by atoms with E-state index in [0.29, 0.717) is 5.92 Å². The van der Waals surface area contributed by atoms with E-state index in [1.54, 1.807) is 0 Å². The highest BCUT2D eigenvalue weighted by Crippen LogP contribution is 2.32. The van der Waals surface area contributed by atoms with Crippen LogP contribution in [0.15, 0.2) is 47.9 Å². The Hall–Kier alpha value is -0.730. The topological polar surface area (TPSA) is 20.2 Å². The molecule has 1 aliphatic rings. The van der Waals surface area contributed by atoms with Gasteiger partial charge in [0.2, 0.25) is 0 Å². The van der Waals surface area contributed by atoms with Gasteiger partial charge in [-0.25, -0.2) is 0 Å². The fourth-order valence-corrected chi connectivity index (χ4v) is 3.91. The van der Waals surface area contributed by atoms with Crippen LogP contribution in [-0.2, 0) is 0 Å². The predicted molar refractivity (Wildman–Crippen MR) is 83.4 cm³/mol. The van der Waals surface area contributed by atoms with Gasteiger partial charge in [-0.1, -0.05) is 43.5 Å². The first kappa shape index (κ1) is 14.7. The number of aliphatic hydroxyl groups excluding tert-OH is 1. The minimum absolute atomic E-state index is 0.202. The molecular weight excluding hydrogens is 252 g/mol. The first-order chi connectivity index (χ1) is 9.31. The fraction of sp³-hybridized carbons (Fsp3) is 0.529. The molecule has 0 bridgehead atoms. The molecule has 0 unspecified atom stereocenters. The van der Waals surface area contributed by atoms with Crippen LogP contribution in [0.4, 0.5) is 0 Å². The normalized spacial score (nSPS) is 19.8. The van der Waals surface area contributed by atoms with E-state index in [0.717, 1.165) is 5.75 Å². The van der Waals surface area contributed by atoms with Crippen LogP contribution in [0.1, 0.15) is 32.1 Å². The van der Waals surface area contributed by atoms with E-state index in [2.05, 4.69) is 30.8 Å². The van der Waals surface area contributed by atoms with Gasteiger partial charge in [-0.15, -0.1) is 18.3 Å². The van der Waals surface area contributed by atoms with Crippen molar-refractivity contribution in [1.29, 1.82) is 0 Å². The summed E-state index contributed by atoms with van der Waals surface area (Å²) in [6.07, 6.45) is 7.97. The number of thioether (sulfide) groups is 1. The SMILES string of the molecule is C=C[C@@H](CSc1ccccc1)[C@@H](O)C1CCCCC1. The smallest absolute Gasteiger partial charge is 0.0638 e. The Morgan fingerprint density at radius 2 is 1.89 bits per heavy atom. The highest BCUT2D eigenvalue weighted by Gasteiger charge is 2.27. The second-order valence-electron chi connectivity index (χ2n) is 5.41. The summed E-state index contributed by atoms with van der Waals surface area (Å²) >= 11 is 1.81. The van der Waals surface area contributed by atoms with Crippen molar-refractivity contribution in [3.63, 3.8) is 0 Å². The molecule has 0 aromatic heterocycles. The van der Waals surface area contributed by atoms with Gasteiger partial charge in [0.05, 0.1) is 6.10 Å². The van der Waals surface area contributed by atoms with Crippen LogP contribution in [-0.4, -0.2) is 17.0 Å². The Balaban J connectivity index is 1.86. The molecule has 1 fully saturated rings. The first-order valence-corrected chi connectivity index (χ1v) is 8.28. The quantitative estimate of drug-likeness (QED) is 0.609. The van der Waals surface area contributed by atoms with Gasteiger partial charge in [0, 0.05) is 16.6 Å². The molecule has 2 heteroatoms. The minimum atomic E-state index is -0.214. The lowest BCUT2D eigenvalue weighted by Gasteiger charge is -2.30. The maximum absolute atomic E-state index is 10.5. The van der Waals surface area contributed by atoms with Gasteiger partial charge < -0.3 is 5.11 Å². The van der Waals surface area contributed by atoms with Gasteiger partial charge in [0.25, 0.3) is 0 Å². The molecule has 0 aliphatic heterocycles. The summed E-state index contributed by atoms with van der Waals surface area (Å²) in [5.41, 5.74) is 0. The molecule has 0 saturated heterocycles. The van der Waals surface area contributed by atoms with Gasteiger partial charge >= 0.3 is 0 Å². The molecule has 2 atom stereocenters. The number of aliphatic hydroxyl groups is 1. The highest BCUT2D eigenvalue weighted by atomic mass is 32.2. The van der Waals surface area contributed by atoms with Crippen molar-refractivity contribution >= 4 is 11.8 Å². The van der Waals surface area contributed by atoms with E-state index in [9.17, 15) is 5.11 Å². The molecule has 1 aromatic rings. The second-order valence-corrected chi connectivity index (χ2v) is 6.51. The predicted octanol–water partition coefficient (Wildman–Crippen LogP) is 4.52. The van der Waals surface area contributed by atoms with E-state index in [1.807, 2.05) is 23.9 Å². The zero-order chi connectivity index (χ0) is 13.5. The Labute approximate surface area is 121 Å². The summed E-state index contributed by atoms with van der Waals surface area (Å²) in [4.78, 5) is 1.27. The zero-order valence-electron chi connectivity index (χ0n) is 11.5. The van der Waals surface area contributed by atoms with Crippen LogP contribution in [0.2, 0.25) is 0 Å². The van der Waals surface area contributed by atoms with Gasteiger partial charge in [-0.2, -0.15) is 0 Å². The third kappa shape index (κ3) is 4.39. The average molecular weight is 276 g/mol. The Morgan fingerprint density at radius 1 is 1.21 bits per heavy atom. The maximum atomic E-state index is 10.5. The van der Waals surface area contributed by atoms with E-state index in [-0.39, 0.29) is 12.0 Å².